The Labute approximate surface area is 152 Å². The van der Waals surface area contributed by atoms with E-state index < -0.39 is 17.9 Å². The van der Waals surface area contributed by atoms with Crippen molar-refractivity contribution in [2.45, 2.75) is 38.8 Å². The summed E-state index contributed by atoms with van der Waals surface area (Å²) in [6.45, 7) is 4.09. The Balaban J connectivity index is 2.07. The second kappa shape index (κ2) is 9.15. The minimum absolute atomic E-state index is 0.0844. The average molecular weight is 359 g/mol. The first kappa shape index (κ1) is 19.7. The predicted molar refractivity (Wildman–Crippen MR) is 96.3 cm³/mol. The molecule has 2 aromatic rings. The van der Waals surface area contributed by atoms with Gasteiger partial charge in [-0.05, 0) is 17.9 Å². The number of hydrogen-bond donors (Lipinski definition) is 2. The number of rotatable bonds is 8. The van der Waals surface area contributed by atoms with Crippen LogP contribution in [0.25, 0.3) is 0 Å². The summed E-state index contributed by atoms with van der Waals surface area (Å²) in [7, 11) is 1.28. The van der Waals surface area contributed by atoms with E-state index in [-0.39, 0.29) is 11.7 Å². The number of carbonyl (C=O) groups is 2. The van der Waals surface area contributed by atoms with Crippen molar-refractivity contribution in [1.82, 2.24) is 10.3 Å². The summed E-state index contributed by atoms with van der Waals surface area (Å²) in [5.41, 5.74) is 7.01. The number of ether oxygens (including phenoxy) is 1. The van der Waals surface area contributed by atoms with E-state index >= 15 is 0 Å². The SMILES string of the molecule is COC(=O)C(Cc1ccccc1)NC(=O)c1coc(C(N)CC(C)C)n1. The van der Waals surface area contributed by atoms with Crippen LogP contribution in [0, 0.1) is 5.92 Å². The number of nitrogens with one attached hydrogen (secondary N) is 1. The van der Waals surface area contributed by atoms with E-state index in [1.807, 2.05) is 44.2 Å². The molecule has 1 aromatic heterocycles. The van der Waals surface area contributed by atoms with Gasteiger partial charge in [-0.25, -0.2) is 9.78 Å². The van der Waals surface area contributed by atoms with Gasteiger partial charge in [0.15, 0.2) is 5.69 Å². The summed E-state index contributed by atoms with van der Waals surface area (Å²) in [5, 5.41) is 2.65. The Morgan fingerprint density at radius 1 is 1.27 bits per heavy atom. The van der Waals surface area contributed by atoms with E-state index in [1.165, 1.54) is 13.4 Å². The van der Waals surface area contributed by atoms with Crippen molar-refractivity contribution in [2.75, 3.05) is 7.11 Å². The zero-order valence-corrected chi connectivity index (χ0v) is 15.3. The van der Waals surface area contributed by atoms with Crippen molar-refractivity contribution in [3.8, 4) is 0 Å². The number of carbonyl (C=O) groups excluding carboxylic acids is 2. The lowest BCUT2D eigenvalue weighted by Gasteiger charge is -2.15. The molecule has 1 aromatic carbocycles. The molecule has 1 amide bonds. The third-order valence-corrected chi connectivity index (χ3v) is 3.87. The monoisotopic (exact) mass is 359 g/mol. The normalized spacial score (nSPS) is 13.3. The second-order valence-electron chi connectivity index (χ2n) is 6.55. The number of nitrogens with two attached hydrogens (primary N) is 1. The highest BCUT2D eigenvalue weighted by Gasteiger charge is 2.25. The summed E-state index contributed by atoms with van der Waals surface area (Å²) in [4.78, 5) is 28.6. The van der Waals surface area contributed by atoms with Crippen LogP contribution in [0.3, 0.4) is 0 Å². The molecule has 0 bridgehead atoms. The minimum atomic E-state index is -0.820. The highest BCUT2D eigenvalue weighted by Crippen LogP contribution is 2.18. The lowest BCUT2D eigenvalue weighted by molar-refractivity contribution is -0.142. The summed E-state index contributed by atoms with van der Waals surface area (Å²) in [5.74, 6) is -0.351. The number of hydrogen-bond acceptors (Lipinski definition) is 6. The van der Waals surface area contributed by atoms with Crippen LogP contribution in [-0.2, 0) is 16.0 Å². The molecule has 0 radical (unpaired) electrons. The topological polar surface area (TPSA) is 107 Å². The molecule has 7 heteroatoms. The smallest absolute Gasteiger partial charge is 0.328 e. The molecule has 2 unspecified atom stereocenters. The summed E-state index contributed by atoms with van der Waals surface area (Å²) >= 11 is 0. The number of esters is 1. The third-order valence-electron chi connectivity index (χ3n) is 3.87. The Morgan fingerprint density at radius 3 is 2.58 bits per heavy atom. The van der Waals surface area contributed by atoms with Crippen molar-refractivity contribution < 1.29 is 18.7 Å². The maximum Gasteiger partial charge on any atom is 0.328 e. The van der Waals surface area contributed by atoms with Crippen LogP contribution in [0.1, 0.15) is 48.3 Å². The highest BCUT2D eigenvalue weighted by molar-refractivity contribution is 5.95. The molecule has 0 fully saturated rings. The molecule has 2 rings (SSSR count). The average Bonchev–Trinajstić information content (AvgIpc) is 3.11. The first-order chi connectivity index (χ1) is 12.4. The van der Waals surface area contributed by atoms with Crippen molar-refractivity contribution in [3.63, 3.8) is 0 Å². The van der Waals surface area contributed by atoms with E-state index in [4.69, 9.17) is 14.9 Å². The van der Waals surface area contributed by atoms with Crippen molar-refractivity contribution in [2.24, 2.45) is 11.7 Å². The van der Waals surface area contributed by atoms with E-state index in [0.29, 0.717) is 24.7 Å². The number of methoxy groups -OCH3 is 1. The minimum Gasteiger partial charge on any atom is -0.467 e. The van der Waals surface area contributed by atoms with Gasteiger partial charge in [-0.15, -0.1) is 0 Å². The second-order valence-corrected chi connectivity index (χ2v) is 6.55. The van der Waals surface area contributed by atoms with Crippen LogP contribution in [-0.4, -0.2) is 30.0 Å². The lowest BCUT2D eigenvalue weighted by atomic mass is 10.0. The molecular weight excluding hydrogens is 334 g/mol. The molecule has 0 saturated heterocycles. The van der Waals surface area contributed by atoms with Gasteiger partial charge in [0, 0.05) is 6.42 Å². The van der Waals surface area contributed by atoms with E-state index in [2.05, 4.69) is 10.3 Å². The molecule has 7 nitrogen and oxygen atoms in total. The number of aromatic nitrogens is 1. The molecule has 3 N–H and O–H groups in total. The number of benzene rings is 1. The van der Waals surface area contributed by atoms with Gasteiger partial charge in [0.1, 0.15) is 12.3 Å². The summed E-state index contributed by atoms with van der Waals surface area (Å²) < 4.78 is 10.1. The maximum atomic E-state index is 12.4. The van der Waals surface area contributed by atoms with Crippen molar-refractivity contribution in [3.05, 3.63) is 53.7 Å². The molecule has 26 heavy (non-hydrogen) atoms. The lowest BCUT2D eigenvalue weighted by Crippen LogP contribution is -2.43. The van der Waals surface area contributed by atoms with E-state index in [0.717, 1.165) is 5.56 Å². The van der Waals surface area contributed by atoms with Gasteiger partial charge in [-0.3, -0.25) is 4.79 Å². The van der Waals surface area contributed by atoms with Gasteiger partial charge in [0.05, 0.1) is 13.2 Å². The van der Waals surface area contributed by atoms with Crippen molar-refractivity contribution >= 4 is 11.9 Å². The standard InChI is InChI=1S/C19H25N3O4/c1-12(2)9-14(20)18-22-16(11-26-18)17(23)21-15(19(24)25-3)10-13-7-5-4-6-8-13/h4-8,11-12,14-15H,9-10,20H2,1-3H3,(H,21,23). The van der Waals surface area contributed by atoms with Gasteiger partial charge in [0.25, 0.3) is 5.91 Å². The van der Waals surface area contributed by atoms with Crippen LogP contribution >= 0.6 is 0 Å². The predicted octanol–water partition coefficient (Wildman–Crippen LogP) is 2.23. The Morgan fingerprint density at radius 2 is 1.96 bits per heavy atom. The van der Waals surface area contributed by atoms with Crippen LogP contribution in [0.2, 0.25) is 0 Å². The Bertz CT molecular complexity index is 727. The number of amides is 1. The molecule has 0 aliphatic rings. The van der Waals surface area contributed by atoms with Crippen LogP contribution < -0.4 is 11.1 Å². The van der Waals surface area contributed by atoms with Gasteiger partial charge in [-0.1, -0.05) is 44.2 Å². The largest absolute Gasteiger partial charge is 0.467 e. The molecular formula is C19H25N3O4. The fraction of sp³-hybridized carbons (Fsp3) is 0.421. The zero-order valence-electron chi connectivity index (χ0n) is 15.3. The first-order valence-electron chi connectivity index (χ1n) is 8.54. The molecule has 1 heterocycles. The van der Waals surface area contributed by atoms with Gasteiger partial charge in [0.2, 0.25) is 5.89 Å². The molecule has 0 saturated carbocycles. The summed E-state index contributed by atoms with van der Waals surface area (Å²) in [6, 6.07) is 8.17. The first-order valence-corrected chi connectivity index (χ1v) is 8.54. The van der Waals surface area contributed by atoms with Crippen LogP contribution in [0.4, 0.5) is 0 Å². The van der Waals surface area contributed by atoms with E-state index in [1.54, 1.807) is 0 Å². The van der Waals surface area contributed by atoms with Gasteiger partial charge >= 0.3 is 5.97 Å². The molecule has 0 aliphatic carbocycles. The zero-order chi connectivity index (χ0) is 19.1. The van der Waals surface area contributed by atoms with Gasteiger partial charge < -0.3 is 20.2 Å². The fourth-order valence-electron chi connectivity index (χ4n) is 2.59. The Hall–Kier alpha value is -2.67. The van der Waals surface area contributed by atoms with Crippen LogP contribution in [0.5, 0.6) is 0 Å². The van der Waals surface area contributed by atoms with E-state index in [9.17, 15) is 9.59 Å². The molecule has 0 aliphatic heterocycles. The van der Waals surface area contributed by atoms with Crippen LogP contribution in [0.15, 0.2) is 41.0 Å². The number of oxazole rings is 1. The van der Waals surface area contributed by atoms with Crippen molar-refractivity contribution in [1.29, 1.82) is 0 Å². The molecule has 2 atom stereocenters. The summed E-state index contributed by atoms with van der Waals surface area (Å²) in [6.07, 6.45) is 2.26. The quantitative estimate of drug-likeness (QED) is 0.700. The third kappa shape index (κ3) is 5.42. The fourth-order valence-corrected chi connectivity index (χ4v) is 2.59. The highest BCUT2D eigenvalue weighted by atomic mass is 16.5. The Kier molecular flexibility index (Phi) is 6.91. The maximum absolute atomic E-state index is 12.4. The molecule has 140 valence electrons. The molecule has 0 spiro atoms. The van der Waals surface area contributed by atoms with Gasteiger partial charge in [-0.2, -0.15) is 0 Å². The number of nitrogens with zero attached hydrogens (tertiary/aromatic N) is 1.